The van der Waals surface area contributed by atoms with Crippen molar-refractivity contribution in [2.24, 2.45) is 0 Å². The number of rotatable bonds is 2. The standard InChI is InChI=1S/C20H26N4O2.CH2O2/c25-20(24-10-9-23-7-3-16(24)4-8-23)19-17-13-15(1-2-18(17)21-22-19)14-5-11-26-12-6-14;2-1-3/h1-2,13-14,16H,3-12H2,(H,21,22);1H,(H,2,3). The van der Waals surface area contributed by atoms with Crippen molar-refractivity contribution < 1.29 is 19.4 Å². The van der Waals surface area contributed by atoms with Crippen LogP contribution in [0.3, 0.4) is 0 Å². The lowest BCUT2D eigenvalue weighted by Crippen LogP contribution is -2.41. The predicted molar refractivity (Wildman–Crippen MR) is 108 cm³/mol. The number of aromatic nitrogens is 2. The van der Waals surface area contributed by atoms with Crippen molar-refractivity contribution in [3.05, 3.63) is 29.5 Å². The number of aromatic amines is 1. The topological polar surface area (TPSA) is 98.8 Å². The van der Waals surface area contributed by atoms with E-state index in [1.807, 2.05) is 0 Å². The second-order valence-electron chi connectivity index (χ2n) is 7.94. The van der Waals surface area contributed by atoms with Crippen LogP contribution in [-0.4, -0.2) is 82.9 Å². The van der Waals surface area contributed by atoms with E-state index >= 15 is 0 Å². The van der Waals surface area contributed by atoms with Crippen molar-refractivity contribution in [2.75, 3.05) is 39.4 Å². The molecule has 2 bridgehead atoms. The molecule has 0 radical (unpaired) electrons. The van der Waals surface area contributed by atoms with Gasteiger partial charge < -0.3 is 19.6 Å². The van der Waals surface area contributed by atoms with Crippen LogP contribution in [0, 0.1) is 0 Å². The van der Waals surface area contributed by atoms with Crippen LogP contribution in [0.4, 0.5) is 0 Å². The molecule has 6 rings (SSSR count). The molecule has 0 saturated carbocycles. The molecule has 4 aliphatic heterocycles. The summed E-state index contributed by atoms with van der Waals surface area (Å²) < 4.78 is 5.49. The monoisotopic (exact) mass is 400 g/mol. The van der Waals surface area contributed by atoms with Crippen LogP contribution in [-0.2, 0) is 9.53 Å². The molecule has 2 N–H and O–H groups in total. The van der Waals surface area contributed by atoms with Gasteiger partial charge in [0.25, 0.3) is 12.4 Å². The number of benzene rings is 1. The maximum Gasteiger partial charge on any atom is 0.290 e. The van der Waals surface area contributed by atoms with E-state index in [1.165, 1.54) is 5.56 Å². The first-order valence-electron chi connectivity index (χ1n) is 10.4. The zero-order valence-electron chi connectivity index (χ0n) is 16.5. The quantitative estimate of drug-likeness (QED) is 0.749. The summed E-state index contributed by atoms with van der Waals surface area (Å²) in [5, 5.41) is 15.3. The minimum absolute atomic E-state index is 0.0918. The van der Waals surface area contributed by atoms with Gasteiger partial charge in [0, 0.05) is 50.8 Å². The van der Waals surface area contributed by atoms with E-state index in [0.29, 0.717) is 17.7 Å². The van der Waals surface area contributed by atoms with Crippen molar-refractivity contribution in [2.45, 2.75) is 37.6 Å². The highest BCUT2D eigenvalue weighted by Gasteiger charge is 2.33. The number of carboxylic acid groups (broad SMARTS) is 1. The van der Waals surface area contributed by atoms with Crippen molar-refractivity contribution >= 4 is 23.3 Å². The van der Waals surface area contributed by atoms with Crippen LogP contribution in [0.15, 0.2) is 18.2 Å². The highest BCUT2D eigenvalue weighted by Crippen LogP contribution is 2.31. The molecular weight excluding hydrogens is 372 g/mol. The third kappa shape index (κ3) is 4.13. The van der Waals surface area contributed by atoms with Crippen LogP contribution in [0.5, 0.6) is 0 Å². The van der Waals surface area contributed by atoms with Gasteiger partial charge >= 0.3 is 0 Å². The van der Waals surface area contributed by atoms with Gasteiger partial charge in [0.15, 0.2) is 5.69 Å². The molecule has 0 spiro atoms. The fraction of sp³-hybridized carbons (Fsp3) is 0.571. The first-order valence-corrected chi connectivity index (χ1v) is 10.4. The molecule has 0 unspecified atom stereocenters. The van der Waals surface area contributed by atoms with E-state index < -0.39 is 0 Å². The molecule has 0 aliphatic carbocycles. The molecule has 4 saturated heterocycles. The van der Waals surface area contributed by atoms with Crippen LogP contribution >= 0.6 is 0 Å². The fourth-order valence-electron chi connectivity index (χ4n) is 4.77. The van der Waals surface area contributed by atoms with Gasteiger partial charge in [0.05, 0.1) is 5.52 Å². The Morgan fingerprint density at radius 2 is 1.86 bits per heavy atom. The Kier molecular flexibility index (Phi) is 6.10. The van der Waals surface area contributed by atoms with Crippen molar-refractivity contribution in [3.63, 3.8) is 0 Å². The van der Waals surface area contributed by atoms with Crippen LogP contribution in [0.25, 0.3) is 10.9 Å². The zero-order chi connectivity index (χ0) is 20.2. The minimum Gasteiger partial charge on any atom is -0.483 e. The molecule has 1 aromatic carbocycles. The molecular formula is C21H28N4O4. The highest BCUT2D eigenvalue weighted by atomic mass is 16.5. The number of nitrogens with zero attached hydrogens (tertiary/aromatic N) is 3. The summed E-state index contributed by atoms with van der Waals surface area (Å²) in [6.07, 6.45) is 4.27. The summed E-state index contributed by atoms with van der Waals surface area (Å²) in [4.78, 5) is 26.2. The van der Waals surface area contributed by atoms with Crippen molar-refractivity contribution in [3.8, 4) is 0 Å². The summed E-state index contributed by atoms with van der Waals surface area (Å²) in [7, 11) is 0. The van der Waals surface area contributed by atoms with Gasteiger partial charge in [-0.2, -0.15) is 5.10 Å². The van der Waals surface area contributed by atoms with Gasteiger partial charge in [-0.1, -0.05) is 6.07 Å². The van der Waals surface area contributed by atoms with Crippen LogP contribution in [0.1, 0.15) is 47.7 Å². The maximum atomic E-state index is 13.3. The third-order valence-electron chi connectivity index (χ3n) is 6.40. The first kappa shape index (κ1) is 19.8. The molecule has 8 nitrogen and oxygen atoms in total. The smallest absolute Gasteiger partial charge is 0.290 e. The van der Waals surface area contributed by atoms with E-state index in [2.05, 4.69) is 38.2 Å². The normalized spacial score (nSPS) is 24.6. The number of carbonyl (C=O) groups is 2. The number of nitrogens with one attached hydrogen (secondary N) is 1. The number of piperidine rings is 1. The largest absolute Gasteiger partial charge is 0.483 e. The van der Waals surface area contributed by atoms with E-state index in [4.69, 9.17) is 14.6 Å². The molecule has 29 heavy (non-hydrogen) atoms. The average Bonchev–Trinajstić information content (AvgIpc) is 2.95. The second kappa shape index (κ2) is 8.92. The Hall–Kier alpha value is -2.45. The summed E-state index contributed by atoms with van der Waals surface area (Å²) in [5.41, 5.74) is 2.85. The molecule has 0 atom stereocenters. The number of fused-ring (bicyclic) bond motifs is 5. The third-order valence-corrected chi connectivity index (χ3v) is 6.40. The van der Waals surface area contributed by atoms with Gasteiger partial charge in [0.1, 0.15) is 0 Å². The molecule has 4 aliphatic rings. The predicted octanol–water partition coefficient (Wildman–Crippen LogP) is 2.08. The molecule has 5 heterocycles. The molecule has 1 aromatic heterocycles. The summed E-state index contributed by atoms with van der Waals surface area (Å²) in [6, 6.07) is 6.79. The maximum absolute atomic E-state index is 13.3. The van der Waals surface area contributed by atoms with Gasteiger partial charge in [-0.3, -0.25) is 14.7 Å². The Balaban J connectivity index is 0.000000645. The van der Waals surface area contributed by atoms with Crippen LogP contribution < -0.4 is 0 Å². The molecule has 8 heteroatoms. The van der Waals surface area contributed by atoms with Gasteiger partial charge in [-0.25, -0.2) is 0 Å². The van der Waals surface area contributed by atoms with E-state index in [1.54, 1.807) is 0 Å². The number of hydrogen-bond donors (Lipinski definition) is 2. The number of amides is 1. The average molecular weight is 400 g/mol. The lowest BCUT2D eigenvalue weighted by molar-refractivity contribution is -0.122. The Bertz CT molecular complexity index is 853. The van der Waals surface area contributed by atoms with Crippen molar-refractivity contribution in [1.29, 1.82) is 0 Å². The molecule has 156 valence electrons. The number of ether oxygens (including phenoxy) is 1. The van der Waals surface area contributed by atoms with Gasteiger partial charge in [-0.15, -0.1) is 0 Å². The van der Waals surface area contributed by atoms with Gasteiger partial charge in [0.2, 0.25) is 0 Å². The lowest BCUT2D eigenvalue weighted by Gasteiger charge is -2.31. The van der Waals surface area contributed by atoms with E-state index in [0.717, 1.165) is 76.0 Å². The Labute approximate surface area is 169 Å². The van der Waals surface area contributed by atoms with Crippen molar-refractivity contribution in [1.82, 2.24) is 20.0 Å². The van der Waals surface area contributed by atoms with Gasteiger partial charge in [-0.05, 0) is 49.3 Å². The lowest BCUT2D eigenvalue weighted by atomic mass is 9.91. The fourth-order valence-corrected chi connectivity index (χ4v) is 4.77. The SMILES string of the molecule is O=C(c1n[nH]c2ccc(C3CCOCC3)cc12)N1CCN2CCC1CC2.O=CO. The Morgan fingerprint density at radius 1 is 1.14 bits per heavy atom. The van der Waals surface area contributed by atoms with E-state index in [9.17, 15) is 4.79 Å². The number of hydrogen-bond acceptors (Lipinski definition) is 5. The number of H-pyrrole nitrogens is 1. The van der Waals surface area contributed by atoms with E-state index in [-0.39, 0.29) is 12.4 Å². The summed E-state index contributed by atoms with van der Waals surface area (Å²) in [6.45, 7) is 5.43. The molecule has 4 fully saturated rings. The zero-order valence-corrected chi connectivity index (χ0v) is 16.5. The Morgan fingerprint density at radius 3 is 2.59 bits per heavy atom. The highest BCUT2D eigenvalue weighted by molar-refractivity contribution is 6.05. The minimum atomic E-state index is -0.250. The second-order valence-corrected chi connectivity index (χ2v) is 7.94. The van der Waals surface area contributed by atoms with Crippen LogP contribution in [0.2, 0.25) is 0 Å². The number of carbonyl (C=O) groups excluding carboxylic acids is 1. The summed E-state index contributed by atoms with van der Waals surface area (Å²) >= 11 is 0. The summed E-state index contributed by atoms with van der Waals surface area (Å²) in [5.74, 6) is 0.613. The molecule has 1 amide bonds. The molecule has 2 aromatic rings. The first-order chi connectivity index (χ1) is 14.2.